The molecule has 166 valence electrons. The number of carbonyl (C=O) groups is 1. The van der Waals surface area contributed by atoms with Gasteiger partial charge < -0.3 is 25.4 Å². The molecule has 29 heavy (non-hydrogen) atoms. The van der Waals surface area contributed by atoms with Gasteiger partial charge in [0.25, 0.3) is 5.91 Å². The minimum Gasteiger partial charge on any atom is -0.382 e. The summed E-state index contributed by atoms with van der Waals surface area (Å²) in [5, 5.41) is 9.51. The number of guanidine groups is 1. The summed E-state index contributed by atoms with van der Waals surface area (Å²) in [6.45, 7) is 11.9. The first-order valence-electron chi connectivity index (χ1n) is 9.86. The number of nitrogens with zero attached hydrogens (tertiary/aromatic N) is 1. The molecule has 0 aliphatic heterocycles. The van der Waals surface area contributed by atoms with Crippen LogP contribution in [0.5, 0.6) is 0 Å². The Morgan fingerprint density at radius 3 is 2.55 bits per heavy atom. The number of amides is 1. The van der Waals surface area contributed by atoms with Crippen LogP contribution in [0, 0.1) is 0 Å². The first kappa shape index (κ1) is 27.6. The van der Waals surface area contributed by atoms with Crippen molar-refractivity contribution in [3.63, 3.8) is 0 Å². The summed E-state index contributed by atoms with van der Waals surface area (Å²) in [6.07, 6.45) is 0.886. The lowest BCUT2D eigenvalue weighted by Crippen LogP contribution is -2.40. The van der Waals surface area contributed by atoms with Crippen LogP contribution in [0.15, 0.2) is 29.3 Å². The lowest BCUT2D eigenvalue weighted by Gasteiger charge is -2.20. The Kier molecular flexibility index (Phi) is 14.7. The topological polar surface area (TPSA) is 84.0 Å². The van der Waals surface area contributed by atoms with Crippen LogP contribution in [0.4, 0.5) is 0 Å². The van der Waals surface area contributed by atoms with E-state index in [1.54, 1.807) is 7.11 Å². The van der Waals surface area contributed by atoms with Crippen molar-refractivity contribution in [2.24, 2.45) is 4.99 Å². The lowest BCUT2D eigenvalue weighted by atomic mass is 10.1. The highest BCUT2D eigenvalue weighted by atomic mass is 127. The van der Waals surface area contributed by atoms with E-state index < -0.39 is 0 Å². The van der Waals surface area contributed by atoms with Crippen molar-refractivity contribution in [1.29, 1.82) is 0 Å². The van der Waals surface area contributed by atoms with E-state index in [0.717, 1.165) is 31.0 Å². The maximum atomic E-state index is 12.3. The van der Waals surface area contributed by atoms with E-state index in [-0.39, 0.29) is 35.4 Å². The van der Waals surface area contributed by atoms with Crippen molar-refractivity contribution >= 4 is 35.8 Å². The second-order valence-corrected chi connectivity index (χ2v) is 7.49. The van der Waals surface area contributed by atoms with Gasteiger partial charge in [-0.1, -0.05) is 12.1 Å². The second kappa shape index (κ2) is 15.4. The van der Waals surface area contributed by atoms with Crippen LogP contribution in [0.1, 0.15) is 50.0 Å². The second-order valence-electron chi connectivity index (χ2n) is 7.49. The molecule has 1 rings (SSSR count). The van der Waals surface area contributed by atoms with Gasteiger partial charge in [-0.25, -0.2) is 4.99 Å². The molecule has 0 fully saturated rings. The van der Waals surface area contributed by atoms with Gasteiger partial charge in [-0.15, -0.1) is 24.0 Å². The Bertz CT molecular complexity index is 618. The minimum absolute atomic E-state index is 0. The summed E-state index contributed by atoms with van der Waals surface area (Å²) >= 11 is 0. The van der Waals surface area contributed by atoms with Gasteiger partial charge in [0.1, 0.15) is 0 Å². The van der Waals surface area contributed by atoms with Crippen LogP contribution in [-0.4, -0.2) is 57.4 Å². The van der Waals surface area contributed by atoms with Crippen molar-refractivity contribution in [2.45, 2.75) is 46.2 Å². The van der Waals surface area contributed by atoms with E-state index in [2.05, 4.69) is 20.9 Å². The molecule has 0 aliphatic rings. The lowest BCUT2D eigenvalue weighted by molar-refractivity contribution is 0.0698. The Morgan fingerprint density at radius 2 is 1.90 bits per heavy atom. The van der Waals surface area contributed by atoms with Gasteiger partial charge in [0.15, 0.2) is 5.96 Å². The normalized spacial score (nSPS) is 11.6. The van der Waals surface area contributed by atoms with Gasteiger partial charge in [0.2, 0.25) is 0 Å². The van der Waals surface area contributed by atoms with Crippen molar-refractivity contribution in [1.82, 2.24) is 16.0 Å². The van der Waals surface area contributed by atoms with Crippen molar-refractivity contribution in [2.75, 3.05) is 40.0 Å². The average molecular weight is 520 g/mol. The van der Waals surface area contributed by atoms with Crippen LogP contribution in [0.3, 0.4) is 0 Å². The van der Waals surface area contributed by atoms with Gasteiger partial charge >= 0.3 is 0 Å². The molecule has 1 aromatic rings. The minimum atomic E-state index is -0.263. The smallest absolute Gasteiger partial charge is 0.251 e. The van der Waals surface area contributed by atoms with Gasteiger partial charge in [0, 0.05) is 37.9 Å². The van der Waals surface area contributed by atoms with Gasteiger partial charge in [-0.3, -0.25) is 4.79 Å². The fourth-order valence-corrected chi connectivity index (χ4v) is 2.36. The Labute approximate surface area is 192 Å². The fraction of sp³-hybridized carbons (Fsp3) is 0.619. The van der Waals surface area contributed by atoms with Crippen LogP contribution in [-0.2, 0) is 16.0 Å². The van der Waals surface area contributed by atoms with Gasteiger partial charge in [0.05, 0.1) is 19.8 Å². The number of ether oxygens (including phenoxy) is 2. The number of hydrogen-bond donors (Lipinski definition) is 3. The summed E-state index contributed by atoms with van der Waals surface area (Å²) in [4.78, 5) is 16.9. The third-order valence-electron chi connectivity index (χ3n) is 3.63. The molecular formula is C21H37IN4O3. The zero-order valence-electron chi connectivity index (χ0n) is 18.3. The molecule has 0 saturated heterocycles. The first-order valence-corrected chi connectivity index (χ1v) is 9.86. The summed E-state index contributed by atoms with van der Waals surface area (Å²) in [7, 11) is 1.66. The van der Waals surface area contributed by atoms with E-state index in [9.17, 15) is 4.79 Å². The molecule has 0 aromatic heterocycles. The van der Waals surface area contributed by atoms with Crippen molar-refractivity contribution in [3.05, 3.63) is 35.4 Å². The molecule has 8 heteroatoms. The zero-order valence-corrected chi connectivity index (χ0v) is 20.7. The highest BCUT2D eigenvalue weighted by molar-refractivity contribution is 14.0. The molecule has 1 aromatic carbocycles. The Morgan fingerprint density at radius 1 is 1.14 bits per heavy atom. The number of hydrogen-bond acceptors (Lipinski definition) is 4. The van der Waals surface area contributed by atoms with Crippen LogP contribution < -0.4 is 16.0 Å². The third kappa shape index (κ3) is 13.5. The predicted octanol–water partition coefficient (Wildman–Crippen LogP) is 2.94. The maximum Gasteiger partial charge on any atom is 0.251 e. The number of methoxy groups -OCH3 is 1. The van der Waals surface area contributed by atoms with Gasteiger partial charge in [-0.2, -0.15) is 0 Å². The number of aliphatic imine (C=N–C) groups is 1. The monoisotopic (exact) mass is 520 g/mol. The number of nitrogens with one attached hydrogen (secondary N) is 3. The van der Waals surface area contributed by atoms with E-state index in [1.807, 2.05) is 52.0 Å². The Balaban J connectivity index is 0.00000784. The molecule has 0 saturated carbocycles. The summed E-state index contributed by atoms with van der Waals surface area (Å²) in [6, 6.07) is 7.57. The molecule has 0 atom stereocenters. The van der Waals surface area contributed by atoms with E-state index in [1.165, 1.54) is 0 Å². The van der Waals surface area contributed by atoms with Crippen LogP contribution >= 0.6 is 24.0 Å². The molecule has 0 unspecified atom stereocenters. The van der Waals surface area contributed by atoms with E-state index in [4.69, 9.17) is 9.47 Å². The standard InChI is InChI=1S/C21H36N4O3.HI/c1-6-22-20(23-11-8-12-28-14-13-27-5)24-16-17-9-7-10-18(15-17)19(26)25-21(2,3)4;/h7,9-10,15H,6,8,11-14,16H2,1-5H3,(H,25,26)(H2,22,23,24);1H. The summed E-state index contributed by atoms with van der Waals surface area (Å²) in [5.74, 6) is 0.681. The number of carbonyl (C=O) groups excluding carboxylic acids is 1. The molecule has 3 N–H and O–H groups in total. The summed E-state index contributed by atoms with van der Waals surface area (Å²) in [5.41, 5.74) is 1.37. The molecule has 7 nitrogen and oxygen atoms in total. The molecule has 0 bridgehead atoms. The number of halogens is 1. The molecule has 1 amide bonds. The van der Waals surface area contributed by atoms with Crippen LogP contribution in [0.25, 0.3) is 0 Å². The molecule has 0 radical (unpaired) electrons. The van der Waals surface area contributed by atoms with Gasteiger partial charge in [-0.05, 0) is 51.8 Å². The predicted molar refractivity (Wildman–Crippen MR) is 129 cm³/mol. The highest BCUT2D eigenvalue weighted by Crippen LogP contribution is 2.09. The highest BCUT2D eigenvalue weighted by Gasteiger charge is 2.15. The molecule has 0 aliphatic carbocycles. The SMILES string of the molecule is CCNC(=NCc1cccc(C(=O)NC(C)(C)C)c1)NCCCOCCOC.I. The summed E-state index contributed by atoms with van der Waals surface area (Å²) < 4.78 is 10.4. The van der Waals surface area contributed by atoms with Crippen LogP contribution in [0.2, 0.25) is 0 Å². The number of rotatable bonds is 11. The maximum absolute atomic E-state index is 12.3. The van der Waals surface area contributed by atoms with E-state index in [0.29, 0.717) is 31.9 Å². The quantitative estimate of drug-likeness (QED) is 0.181. The fourth-order valence-electron chi connectivity index (χ4n) is 2.36. The molecule has 0 heterocycles. The van der Waals surface area contributed by atoms with Crippen molar-refractivity contribution in [3.8, 4) is 0 Å². The first-order chi connectivity index (χ1) is 13.4. The third-order valence-corrected chi connectivity index (χ3v) is 3.63. The van der Waals surface area contributed by atoms with Crippen molar-refractivity contribution < 1.29 is 14.3 Å². The average Bonchev–Trinajstić information content (AvgIpc) is 2.64. The van der Waals surface area contributed by atoms with E-state index >= 15 is 0 Å². The number of benzene rings is 1. The zero-order chi connectivity index (χ0) is 20.8. The molecule has 0 spiro atoms. The largest absolute Gasteiger partial charge is 0.382 e. The Hall–Kier alpha value is -1.39. The molecular weight excluding hydrogens is 483 g/mol.